The van der Waals surface area contributed by atoms with Gasteiger partial charge in [0, 0.05) is 43.2 Å². The molecule has 2 N–H and O–H groups in total. The Morgan fingerprint density at radius 3 is 2.62 bits per heavy atom. The second-order valence-corrected chi connectivity index (χ2v) is 7.54. The summed E-state index contributed by atoms with van der Waals surface area (Å²) >= 11 is 0. The number of aromatic hydroxyl groups is 1. The van der Waals surface area contributed by atoms with Gasteiger partial charge in [-0.05, 0) is 31.0 Å². The third-order valence-electron chi connectivity index (χ3n) is 5.78. The molecule has 2 heterocycles. The summed E-state index contributed by atoms with van der Waals surface area (Å²) in [6, 6.07) is 9.89. The summed E-state index contributed by atoms with van der Waals surface area (Å²) in [6.07, 6.45) is 0.747. The molecule has 0 aliphatic carbocycles. The first-order chi connectivity index (χ1) is 13.9. The number of hydrogen-bond donors (Lipinski definition) is 2. The number of likely N-dealkylation sites (tertiary alicyclic amines) is 1. The third-order valence-corrected chi connectivity index (χ3v) is 5.78. The van der Waals surface area contributed by atoms with Crippen LogP contribution in [0.5, 0.6) is 5.75 Å². The highest BCUT2D eigenvalue weighted by molar-refractivity contribution is 6.04. The van der Waals surface area contributed by atoms with Gasteiger partial charge in [0.15, 0.2) is 5.78 Å². The van der Waals surface area contributed by atoms with Crippen molar-refractivity contribution in [3.8, 4) is 5.75 Å². The van der Waals surface area contributed by atoms with Crippen LogP contribution >= 0.6 is 0 Å². The summed E-state index contributed by atoms with van der Waals surface area (Å²) in [5.74, 6) is -0.868. The van der Waals surface area contributed by atoms with Gasteiger partial charge in [-0.1, -0.05) is 22.7 Å². The van der Waals surface area contributed by atoms with E-state index in [1.165, 1.54) is 12.1 Å². The molecule has 2 aliphatic heterocycles. The van der Waals surface area contributed by atoms with Crippen LogP contribution in [0, 0.1) is 5.82 Å². The average Bonchev–Trinajstić information content (AvgIpc) is 2.72. The Kier molecular flexibility index (Phi) is 4.86. The Morgan fingerprint density at radius 1 is 1.17 bits per heavy atom. The fourth-order valence-electron chi connectivity index (χ4n) is 4.07. The van der Waals surface area contributed by atoms with E-state index in [1.54, 1.807) is 29.2 Å². The summed E-state index contributed by atoms with van der Waals surface area (Å²) in [6.45, 7) is 0.655. The molecule has 2 amide bonds. The van der Waals surface area contributed by atoms with Crippen molar-refractivity contribution in [3.05, 3.63) is 59.4 Å². The highest BCUT2D eigenvalue weighted by Gasteiger charge is 2.47. The van der Waals surface area contributed by atoms with Crippen LogP contribution in [0.4, 0.5) is 19.4 Å². The number of ketones is 1. The van der Waals surface area contributed by atoms with E-state index in [0.717, 1.165) is 6.07 Å². The topological polar surface area (TPSA) is 72.9 Å². The number of nitrogens with zero attached hydrogens (tertiary/aromatic N) is 2. The Balaban J connectivity index is 1.39. The van der Waals surface area contributed by atoms with Gasteiger partial charge in [-0.3, -0.25) is 4.79 Å². The number of anilines is 1. The number of rotatable bonds is 2. The van der Waals surface area contributed by atoms with Crippen LogP contribution < -0.4 is 10.4 Å². The van der Waals surface area contributed by atoms with E-state index in [2.05, 4.69) is 5.32 Å². The fourth-order valence-corrected chi connectivity index (χ4v) is 4.07. The molecular weight excluding hydrogens is 380 g/mol. The lowest BCUT2D eigenvalue weighted by Gasteiger charge is -2.47. The summed E-state index contributed by atoms with van der Waals surface area (Å²) < 4.78 is 28.2. The van der Waals surface area contributed by atoms with Crippen LogP contribution in [0.15, 0.2) is 42.5 Å². The number of para-hydroxylation sites is 1. The number of hydrogen-bond acceptors (Lipinski definition) is 4. The molecule has 2 aromatic rings. The number of benzene rings is 2. The minimum atomic E-state index is -0.933. The standard InChI is InChI=1S/C21H21F2N3O3/c22-15-6-5-14(18(27)11-15)13-24-20(29)25-9-7-21(8-10-25)12-19(28)16-3-1-2-4-17(16)26(21)23/h1-6,11,27H,7-10,12-13H2,(H,24,29). The van der Waals surface area contributed by atoms with E-state index < -0.39 is 11.4 Å². The zero-order valence-corrected chi connectivity index (χ0v) is 15.7. The van der Waals surface area contributed by atoms with E-state index in [-0.39, 0.29) is 36.2 Å². The molecule has 0 unspecified atom stereocenters. The van der Waals surface area contributed by atoms with Crippen molar-refractivity contribution in [2.75, 3.05) is 18.2 Å². The monoisotopic (exact) mass is 401 g/mol. The molecule has 0 bridgehead atoms. The number of halogens is 2. The van der Waals surface area contributed by atoms with Crippen LogP contribution in [0.3, 0.4) is 0 Å². The van der Waals surface area contributed by atoms with Crippen molar-refractivity contribution in [2.45, 2.75) is 31.3 Å². The molecule has 29 heavy (non-hydrogen) atoms. The largest absolute Gasteiger partial charge is 0.507 e. The second kappa shape index (κ2) is 7.35. The lowest BCUT2D eigenvalue weighted by Crippen LogP contribution is -2.57. The number of phenolic OH excluding ortho intramolecular Hbond substituents is 1. The van der Waals surface area contributed by atoms with Crippen LogP contribution in [0.25, 0.3) is 0 Å². The van der Waals surface area contributed by atoms with E-state index in [4.69, 9.17) is 0 Å². The molecule has 2 aliphatic rings. The number of carbonyl (C=O) groups is 2. The maximum absolute atomic E-state index is 15.2. The second-order valence-electron chi connectivity index (χ2n) is 7.54. The molecule has 2 aromatic carbocycles. The van der Waals surface area contributed by atoms with Crippen molar-refractivity contribution in [3.63, 3.8) is 0 Å². The van der Waals surface area contributed by atoms with Gasteiger partial charge < -0.3 is 15.3 Å². The molecule has 4 rings (SSSR count). The van der Waals surface area contributed by atoms with Crippen molar-refractivity contribution < 1.29 is 23.6 Å². The van der Waals surface area contributed by atoms with Gasteiger partial charge in [0.2, 0.25) is 0 Å². The van der Waals surface area contributed by atoms with Crippen LogP contribution in [-0.4, -0.2) is 40.4 Å². The highest BCUT2D eigenvalue weighted by atomic mass is 19.2. The number of piperidine rings is 1. The minimum absolute atomic E-state index is 0.0493. The number of phenols is 1. The first-order valence-electron chi connectivity index (χ1n) is 9.48. The number of fused-ring (bicyclic) bond motifs is 1. The molecule has 1 spiro atoms. The van der Waals surface area contributed by atoms with Crippen LogP contribution in [0.1, 0.15) is 35.2 Å². The van der Waals surface area contributed by atoms with Gasteiger partial charge >= 0.3 is 6.03 Å². The molecule has 1 saturated heterocycles. The van der Waals surface area contributed by atoms with Crippen molar-refractivity contribution in [2.24, 2.45) is 0 Å². The smallest absolute Gasteiger partial charge is 0.317 e. The van der Waals surface area contributed by atoms with Crippen molar-refractivity contribution in [1.82, 2.24) is 10.2 Å². The number of urea groups is 1. The summed E-state index contributed by atoms with van der Waals surface area (Å²) in [5.41, 5.74) is 0.142. The Hall–Kier alpha value is -3.16. The fraction of sp³-hybridized carbons (Fsp3) is 0.333. The number of nitrogens with one attached hydrogen (secondary N) is 1. The van der Waals surface area contributed by atoms with Gasteiger partial charge in [0.05, 0.1) is 11.2 Å². The summed E-state index contributed by atoms with van der Waals surface area (Å²) in [5, 5.41) is 13.1. The molecule has 6 nitrogen and oxygen atoms in total. The van der Waals surface area contributed by atoms with Gasteiger partial charge in [0.1, 0.15) is 11.6 Å². The number of Topliss-reactive ketones (excluding diaryl/α,β-unsaturated/α-hetero) is 1. The van der Waals surface area contributed by atoms with Crippen LogP contribution in [-0.2, 0) is 6.54 Å². The van der Waals surface area contributed by atoms with Gasteiger partial charge in [0.25, 0.3) is 0 Å². The Morgan fingerprint density at radius 2 is 1.90 bits per heavy atom. The van der Waals surface area contributed by atoms with Crippen molar-refractivity contribution >= 4 is 17.5 Å². The number of carbonyl (C=O) groups excluding carboxylic acids is 2. The third kappa shape index (κ3) is 3.50. The molecule has 0 aromatic heterocycles. The first kappa shape index (κ1) is 19.2. The van der Waals surface area contributed by atoms with E-state index in [9.17, 15) is 19.1 Å². The van der Waals surface area contributed by atoms with Crippen LogP contribution in [0.2, 0.25) is 0 Å². The first-order valence-corrected chi connectivity index (χ1v) is 9.48. The average molecular weight is 401 g/mol. The normalized spacial score (nSPS) is 17.9. The lowest BCUT2D eigenvalue weighted by atomic mass is 9.78. The molecule has 0 radical (unpaired) electrons. The minimum Gasteiger partial charge on any atom is -0.507 e. The summed E-state index contributed by atoms with van der Waals surface area (Å²) in [4.78, 5) is 26.5. The maximum Gasteiger partial charge on any atom is 0.317 e. The van der Waals surface area contributed by atoms with Gasteiger partial charge in [-0.25, -0.2) is 14.3 Å². The zero-order valence-electron chi connectivity index (χ0n) is 15.7. The molecule has 0 atom stereocenters. The predicted octanol–water partition coefficient (Wildman–Crippen LogP) is 3.55. The molecule has 152 valence electrons. The Labute approximate surface area is 166 Å². The molecular formula is C21H21F2N3O3. The molecule has 1 fully saturated rings. The molecule has 8 heteroatoms. The predicted molar refractivity (Wildman–Crippen MR) is 103 cm³/mol. The lowest BCUT2D eigenvalue weighted by molar-refractivity contribution is 0.0805. The van der Waals surface area contributed by atoms with Crippen molar-refractivity contribution in [1.29, 1.82) is 0 Å². The SMILES string of the molecule is O=C1CC2(CCN(C(=O)NCc3ccc(F)cc3O)CC2)N(F)c2ccccc21. The van der Waals surface area contributed by atoms with E-state index in [1.807, 2.05) is 0 Å². The highest BCUT2D eigenvalue weighted by Crippen LogP contribution is 2.43. The van der Waals surface area contributed by atoms with Gasteiger partial charge in [-0.2, -0.15) is 0 Å². The zero-order chi connectivity index (χ0) is 20.6. The van der Waals surface area contributed by atoms with E-state index in [0.29, 0.717) is 42.2 Å². The quantitative estimate of drug-likeness (QED) is 0.755. The maximum atomic E-state index is 15.2. The Bertz CT molecular complexity index is 958. The summed E-state index contributed by atoms with van der Waals surface area (Å²) in [7, 11) is 0. The van der Waals surface area contributed by atoms with E-state index >= 15 is 4.48 Å². The number of amides is 2. The molecule has 0 saturated carbocycles. The van der Waals surface area contributed by atoms with Gasteiger partial charge in [-0.15, -0.1) is 0 Å².